The number of aromatic nitrogens is 2. The van der Waals surface area contributed by atoms with Gasteiger partial charge < -0.3 is 4.74 Å². The Labute approximate surface area is 155 Å². The summed E-state index contributed by atoms with van der Waals surface area (Å²) >= 11 is 0. The molecule has 2 aromatic rings. The summed E-state index contributed by atoms with van der Waals surface area (Å²) in [6.07, 6.45) is 1.35. The van der Waals surface area contributed by atoms with Gasteiger partial charge in [0.05, 0.1) is 30.7 Å². The van der Waals surface area contributed by atoms with Crippen molar-refractivity contribution in [1.29, 1.82) is 0 Å². The maximum absolute atomic E-state index is 11.4. The number of ether oxygens (including phenoxy) is 1. The van der Waals surface area contributed by atoms with Gasteiger partial charge in [-0.1, -0.05) is 30.3 Å². The number of aryl methyl sites for hydroxylation is 2. The average Bonchev–Trinajstić information content (AvgIpc) is 2.88. The van der Waals surface area contributed by atoms with E-state index in [1.165, 1.54) is 17.4 Å². The molecule has 1 saturated heterocycles. The first-order valence-corrected chi connectivity index (χ1v) is 11.0. The monoisotopic (exact) mass is 377 g/mol. The third-order valence-corrected chi connectivity index (χ3v) is 5.83. The molecule has 1 fully saturated rings. The van der Waals surface area contributed by atoms with E-state index in [4.69, 9.17) is 4.74 Å². The van der Waals surface area contributed by atoms with Crippen LogP contribution in [0.1, 0.15) is 28.6 Å². The topological polar surface area (TPSA) is 64.4 Å². The summed E-state index contributed by atoms with van der Waals surface area (Å²) in [7, 11) is -3.00. The van der Waals surface area contributed by atoms with E-state index in [1.54, 1.807) is 0 Å². The standard InChI is InChI=1S/C19H27N3O3S/c1-15-18(16(2)22(20-15)10-12-26(3,23)24)13-21-9-11-25-19(14-21)17-7-5-4-6-8-17/h4-8,19H,9-14H2,1-3H3/t19-/m0/s1. The van der Waals surface area contributed by atoms with Crippen LogP contribution in [0, 0.1) is 13.8 Å². The summed E-state index contributed by atoms with van der Waals surface area (Å²) in [6, 6.07) is 10.3. The third kappa shape index (κ3) is 4.72. The molecule has 2 heterocycles. The van der Waals surface area contributed by atoms with Gasteiger partial charge in [-0.05, 0) is 19.4 Å². The number of hydrogen-bond acceptors (Lipinski definition) is 5. The maximum Gasteiger partial charge on any atom is 0.149 e. The fourth-order valence-electron chi connectivity index (χ4n) is 3.37. The molecular formula is C19H27N3O3S. The molecule has 7 heteroatoms. The van der Waals surface area contributed by atoms with Gasteiger partial charge in [-0.25, -0.2) is 8.42 Å². The van der Waals surface area contributed by atoms with Crippen molar-refractivity contribution < 1.29 is 13.2 Å². The minimum atomic E-state index is -3.00. The number of hydrogen-bond donors (Lipinski definition) is 0. The lowest BCUT2D eigenvalue weighted by Crippen LogP contribution is -2.38. The number of sulfone groups is 1. The highest BCUT2D eigenvalue weighted by Gasteiger charge is 2.24. The average molecular weight is 378 g/mol. The van der Waals surface area contributed by atoms with E-state index in [0.717, 1.165) is 31.0 Å². The first-order valence-electron chi connectivity index (χ1n) is 8.93. The number of morpholine rings is 1. The summed E-state index contributed by atoms with van der Waals surface area (Å²) < 4.78 is 30.6. The lowest BCUT2D eigenvalue weighted by Gasteiger charge is -2.33. The highest BCUT2D eigenvalue weighted by atomic mass is 32.2. The summed E-state index contributed by atoms with van der Waals surface area (Å²) in [5.41, 5.74) is 4.41. The van der Waals surface area contributed by atoms with Crippen molar-refractivity contribution in [1.82, 2.24) is 14.7 Å². The molecule has 26 heavy (non-hydrogen) atoms. The van der Waals surface area contributed by atoms with Crippen LogP contribution in [0.25, 0.3) is 0 Å². The van der Waals surface area contributed by atoms with E-state index in [-0.39, 0.29) is 11.9 Å². The highest BCUT2D eigenvalue weighted by Crippen LogP contribution is 2.24. The second kappa shape index (κ2) is 7.90. The van der Waals surface area contributed by atoms with Crippen molar-refractivity contribution in [3.05, 3.63) is 52.8 Å². The van der Waals surface area contributed by atoms with Gasteiger partial charge in [0.15, 0.2) is 0 Å². The lowest BCUT2D eigenvalue weighted by molar-refractivity contribution is -0.0330. The van der Waals surface area contributed by atoms with Crippen LogP contribution in [-0.2, 0) is 27.7 Å². The molecule has 0 spiro atoms. The minimum absolute atomic E-state index is 0.0887. The van der Waals surface area contributed by atoms with Crippen LogP contribution in [0.4, 0.5) is 0 Å². The van der Waals surface area contributed by atoms with Gasteiger partial charge >= 0.3 is 0 Å². The van der Waals surface area contributed by atoms with Crippen molar-refractivity contribution in [3.8, 4) is 0 Å². The summed E-state index contributed by atoms with van der Waals surface area (Å²) in [5.74, 6) is 0.113. The van der Waals surface area contributed by atoms with E-state index < -0.39 is 9.84 Å². The summed E-state index contributed by atoms with van der Waals surface area (Å²) in [4.78, 5) is 2.39. The van der Waals surface area contributed by atoms with Gasteiger partial charge in [0.25, 0.3) is 0 Å². The van der Waals surface area contributed by atoms with Gasteiger partial charge in [0.1, 0.15) is 9.84 Å². The predicted octanol–water partition coefficient (Wildman–Crippen LogP) is 2.12. The maximum atomic E-state index is 11.4. The normalized spacial score (nSPS) is 19.0. The third-order valence-electron chi connectivity index (χ3n) is 4.91. The highest BCUT2D eigenvalue weighted by molar-refractivity contribution is 7.90. The molecule has 0 aliphatic carbocycles. The molecule has 1 aliphatic heterocycles. The Hall–Kier alpha value is -1.70. The zero-order valence-electron chi connectivity index (χ0n) is 15.7. The lowest BCUT2D eigenvalue weighted by atomic mass is 10.1. The van der Waals surface area contributed by atoms with Crippen molar-refractivity contribution in [2.75, 3.05) is 31.7 Å². The van der Waals surface area contributed by atoms with Crippen LogP contribution in [-0.4, -0.2) is 54.8 Å². The van der Waals surface area contributed by atoms with Gasteiger partial charge in [-0.3, -0.25) is 9.58 Å². The smallest absolute Gasteiger partial charge is 0.149 e. The molecule has 0 radical (unpaired) electrons. The Morgan fingerprint density at radius 2 is 1.96 bits per heavy atom. The van der Waals surface area contributed by atoms with Crippen LogP contribution >= 0.6 is 0 Å². The first-order chi connectivity index (χ1) is 12.3. The van der Waals surface area contributed by atoms with E-state index in [2.05, 4.69) is 22.1 Å². The van der Waals surface area contributed by atoms with E-state index in [1.807, 2.05) is 36.7 Å². The molecule has 142 valence electrons. The van der Waals surface area contributed by atoms with Crippen LogP contribution in [0.15, 0.2) is 30.3 Å². The van der Waals surface area contributed by atoms with E-state index in [9.17, 15) is 8.42 Å². The van der Waals surface area contributed by atoms with E-state index >= 15 is 0 Å². The Morgan fingerprint density at radius 1 is 1.23 bits per heavy atom. The molecule has 1 aromatic carbocycles. The Balaban J connectivity index is 1.69. The molecule has 0 N–H and O–H groups in total. The fraction of sp³-hybridized carbons (Fsp3) is 0.526. The van der Waals surface area contributed by atoms with Crippen molar-refractivity contribution in [2.45, 2.75) is 33.0 Å². The number of benzene rings is 1. The molecule has 1 atom stereocenters. The second-order valence-electron chi connectivity index (χ2n) is 7.01. The summed E-state index contributed by atoms with van der Waals surface area (Å²) in [6.45, 7) is 7.67. The molecule has 0 amide bonds. The van der Waals surface area contributed by atoms with Crippen LogP contribution in [0.3, 0.4) is 0 Å². The fourth-order valence-corrected chi connectivity index (χ4v) is 3.88. The quantitative estimate of drug-likeness (QED) is 0.772. The molecule has 0 bridgehead atoms. The molecular weight excluding hydrogens is 350 g/mol. The van der Waals surface area contributed by atoms with E-state index in [0.29, 0.717) is 13.2 Å². The van der Waals surface area contributed by atoms with Crippen LogP contribution in [0.5, 0.6) is 0 Å². The van der Waals surface area contributed by atoms with Crippen molar-refractivity contribution in [3.63, 3.8) is 0 Å². The van der Waals surface area contributed by atoms with Gasteiger partial charge in [-0.2, -0.15) is 5.10 Å². The van der Waals surface area contributed by atoms with Gasteiger partial charge in [0.2, 0.25) is 0 Å². The molecule has 0 saturated carbocycles. The zero-order valence-corrected chi connectivity index (χ0v) is 16.5. The van der Waals surface area contributed by atoms with Crippen molar-refractivity contribution >= 4 is 9.84 Å². The summed E-state index contributed by atoms with van der Waals surface area (Å²) in [5, 5.41) is 4.55. The zero-order chi connectivity index (χ0) is 18.7. The number of rotatable bonds is 6. The van der Waals surface area contributed by atoms with Gasteiger partial charge in [-0.15, -0.1) is 0 Å². The predicted molar refractivity (Wildman–Crippen MR) is 102 cm³/mol. The molecule has 1 aliphatic rings. The van der Waals surface area contributed by atoms with Gasteiger partial charge in [0, 0.05) is 37.1 Å². The minimum Gasteiger partial charge on any atom is -0.371 e. The Morgan fingerprint density at radius 3 is 2.65 bits per heavy atom. The molecule has 3 rings (SSSR count). The van der Waals surface area contributed by atoms with Crippen LogP contribution in [0.2, 0.25) is 0 Å². The number of nitrogens with zero attached hydrogens (tertiary/aromatic N) is 3. The Bertz CT molecular complexity index is 846. The second-order valence-corrected chi connectivity index (χ2v) is 9.27. The molecule has 0 unspecified atom stereocenters. The van der Waals surface area contributed by atoms with Crippen molar-refractivity contribution in [2.24, 2.45) is 0 Å². The Kier molecular flexibility index (Phi) is 5.79. The molecule has 1 aromatic heterocycles. The SMILES string of the molecule is Cc1nn(CCS(C)(=O)=O)c(C)c1CN1CCO[C@H](c2ccccc2)C1. The molecule has 6 nitrogen and oxygen atoms in total. The van der Waals surface area contributed by atoms with Crippen LogP contribution < -0.4 is 0 Å². The largest absolute Gasteiger partial charge is 0.371 e. The first kappa shape index (κ1) is 19.1.